The molecule has 0 fully saturated rings. The summed E-state index contributed by atoms with van der Waals surface area (Å²) in [7, 11) is 0. The third-order valence-electron chi connectivity index (χ3n) is 5.93. The highest BCUT2D eigenvalue weighted by Crippen LogP contribution is 2.32. The van der Waals surface area contributed by atoms with Crippen LogP contribution in [0.1, 0.15) is 45.4 Å². The molecule has 0 saturated heterocycles. The van der Waals surface area contributed by atoms with E-state index in [1.807, 2.05) is 25.1 Å². The topological polar surface area (TPSA) is 79.8 Å². The van der Waals surface area contributed by atoms with E-state index in [1.165, 1.54) is 0 Å². The maximum atomic E-state index is 13.6. The summed E-state index contributed by atoms with van der Waals surface area (Å²) in [6.07, 6.45) is 3.02. The van der Waals surface area contributed by atoms with Crippen molar-refractivity contribution in [1.29, 1.82) is 0 Å². The first-order valence-electron chi connectivity index (χ1n) is 11.5. The molecule has 2 N–H and O–H groups in total. The van der Waals surface area contributed by atoms with Crippen LogP contribution >= 0.6 is 23.2 Å². The number of H-pyrrole nitrogens is 1. The molecule has 0 spiro atoms. The second-order valence-electron chi connectivity index (χ2n) is 8.36. The summed E-state index contributed by atoms with van der Waals surface area (Å²) in [5.41, 5.74) is 3.87. The van der Waals surface area contributed by atoms with E-state index in [2.05, 4.69) is 15.4 Å². The molecule has 2 aromatic heterocycles. The number of carbonyl (C=O) groups excluding carboxylic acids is 2. The Kier molecular flexibility index (Phi) is 6.63. The summed E-state index contributed by atoms with van der Waals surface area (Å²) in [5.74, 6) is -0.583. The van der Waals surface area contributed by atoms with Gasteiger partial charge in [-0.05, 0) is 48.9 Å². The summed E-state index contributed by atoms with van der Waals surface area (Å²) in [6.45, 7) is 2.04. The third-order valence-corrected chi connectivity index (χ3v) is 6.42. The standard InChI is InChI=1S/C28H22Cl2N4O2/c1-2-6-24-22(16-31-34(24)20-12-9-18(29)10-13-20)28(36)33-25-21-14-11-19(30)15-23(21)32-26(25)27(35)17-7-4-3-5-8-17/h3-5,7-16,32H,2,6H2,1H3,(H,33,36). The van der Waals surface area contributed by atoms with Crippen LogP contribution in [0.25, 0.3) is 16.6 Å². The number of rotatable bonds is 7. The average molecular weight is 517 g/mol. The molecule has 180 valence electrons. The molecule has 0 saturated carbocycles. The fraction of sp³-hybridized carbons (Fsp3) is 0.107. The molecule has 0 aliphatic heterocycles. The zero-order valence-corrected chi connectivity index (χ0v) is 20.9. The van der Waals surface area contributed by atoms with Crippen molar-refractivity contribution in [2.24, 2.45) is 0 Å². The number of hydrogen-bond acceptors (Lipinski definition) is 3. The van der Waals surface area contributed by atoms with Gasteiger partial charge in [-0.2, -0.15) is 5.10 Å². The fourth-order valence-corrected chi connectivity index (χ4v) is 4.53. The molecule has 5 rings (SSSR count). The minimum Gasteiger partial charge on any atom is -0.350 e. The largest absolute Gasteiger partial charge is 0.350 e. The van der Waals surface area contributed by atoms with E-state index in [0.29, 0.717) is 44.2 Å². The second kappa shape index (κ2) is 10.0. The molecule has 5 aromatic rings. The van der Waals surface area contributed by atoms with Crippen LogP contribution in [0.15, 0.2) is 79.0 Å². The van der Waals surface area contributed by atoms with Crippen molar-refractivity contribution in [3.8, 4) is 5.69 Å². The normalized spacial score (nSPS) is 11.1. The van der Waals surface area contributed by atoms with E-state index in [4.69, 9.17) is 23.2 Å². The molecule has 6 nitrogen and oxygen atoms in total. The van der Waals surface area contributed by atoms with Gasteiger partial charge in [0.25, 0.3) is 5.91 Å². The van der Waals surface area contributed by atoms with Crippen LogP contribution in [-0.4, -0.2) is 26.5 Å². The number of ketones is 1. The van der Waals surface area contributed by atoms with E-state index >= 15 is 0 Å². The van der Waals surface area contributed by atoms with Crippen molar-refractivity contribution in [2.45, 2.75) is 19.8 Å². The number of benzene rings is 3. The Bertz CT molecular complexity index is 1570. The SMILES string of the molecule is CCCc1c(C(=O)Nc2c(C(=O)c3ccccc3)[nH]c3cc(Cl)ccc23)cnn1-c1ccc(Cl)cc1. The van der Waals surface area contributed by atoms with Crippen LogP contribution in [0.5, 0.6) is 0 Å². The van der Waals surface area contributed by atoms with Gasteiger partial charge in [0.05, 0.1) is 28.8 Å². The molecule has 0 bridgehead atoms. The molecular weight excluding hydrogens is 495 g/mol. The fourth-order valence-electron chi connectivity index (χ4n) is 4.23. The Morgan fingerprint density at radius 1 is 0.972 bits per heavy atom. The van der Waals surface area contributed by atoms with Crippen LogP contribution < -0.4 is 5.32 Å². The van der Waals surface area contributed by atoms with Gasteiger partial charge >= 0.3 is 0 Å². The molecule has 36 heavy (non-hydrogen) atoms. The summed E-state index contributed by atoms with van der Waals surface area (Å²) in [4.78, 5) is 30.1. The quantitative estimate of drug-likeness (QED) is 0.226. The van der Waals surface area contributed by atoms with Crippen LogP contribution in [0, 0.1) is 0 Å². The van der Waals surface area contributed by atoms with Crippen LogP contribution in [0.2, 0.25) is 10.0 Å². The second-order valence-corrected chi connectivity index (χ2v) is 9.23. The van der Waals surface area contributed by atoms with Gasteiger partial charge in [-0.1, -0.05) is 66.9 Å². The molecule has 0 unspecified atom stereocenters. The van der Waals surface area contributed by atoms with Crippen molar-refractivity contribution in [3.05, 3.63) is 112 Å². The Labute approximate surface area is 217 Å². The molecule has 1 amide bonds. The zero-order valence-electron chi connectivity index (χ0n) is 19.4. The lowest BCUT2D eigenvalue weighted by Crippen LogP contribution is -2.16. The highest BCUT2D eigenvalue weighted by Gasteiger charge is 2.24. The highest BCUT2D eigenvalue weighted by molar-refractivity contribution is 6.31. The zero-order chi connectivity index (χ0) is 25.2. The van der Waals surface area contributed by atoms with Crippen LogP contribution in [0.3, 0.4) is 0 Å². The van der Waals surface area contributed by atoms with Crippen molar-refractivity contribution >= 4 is 51.5 Å². The Hall–Kier alpha value is -3.87. The van der Waals surface area contributed by atoms with Gasteiger partial charge in [0.15, 0.2) is 0 Å². The van der Waals surface area contributed by atoms with Crippen LogP contribution in [0.4, 0.5) is 5.69 Å². The molecule has 0 atom stereocenters. The molecule has 0 aliphatic carbocycles. The van der Waals surface area contributed by atoms with E-state index in [0.717, 1.165) is 17.8 Å². The number of amides is 1. The number of aromatic nitrogens is 3. The number of halogens is 2. The number of carbonyl (C=O) groups is 2. The number of hydrogen-bond donors (Lipinski definition) is 2. The summed E-state index contributed by atoms with van der Waals surface area (Å²) < 4.78 is 1.75. The first-order chi connectivity index (χ1) is 17.5. The first-order valence-corrected chi connectivity index (χ1v) is 12.3. The maximum Gasteiger partial charge on any atom is 0.259 e. The van der Waals surface area contributed by atoms with Gasteiger partial charge in [-0.15, -0.1) is 0 Å². The molecule has 0 radical (unpaired) electrons. The first kappa shape index (κ1) is 23.9. The minimum absolute atomic E-state index is 0.233. The highest BCUT2D eigenvalue weighted by atomic mass is 35.5. The lowest BCUT2D eigenvalue weighted by Gasteiger charge is -2.10. The smallest absolute Gasteiger partial charge is 0.259 e. The van der Waals surface area contributed by atoms with Gasteiger partial charge in [0, 0.05) is 26.5 Å². The van der Waals surface area contributed by atoms with Gasteiger partial charge in [0.2, 0.25) is 5.78 Å². The predicted molar refractivity (Wildman–Crippen MR) is 144 cm³/mol. The van der Waals surface area contributed by atoms with E-state index < -0.39 is 0 Å². The van der Waals surface area contributed by atoms with Crippen molar-refractivity contribution in [1.82, 2.24) is 14.8 Å². The van der Waals surface area contributed by atoms with E-state index in [1.54, 1.807) is 65.5 Å². The predicted octanol–water partition coefficient (Wildman–Crippen LogP) is 7.10. The van der Waals surface area contributed by atoms with Gasteiger partial charge < -0.3 is 10.3 Å². The Balaban J connectivity index is 1.57. The Morgan fingerprint density at radius 2 is 1.69 bits per heavy atom. The number of nitrogens with zero attached hydrogens (tertiary/aromatic N) is 2. The lowest BCUT2D eigenvalue weighted by molar-refractivity contribution is 0.102. The number of nitrogens with one attached hydrogen (secondary N) is 2. The average Bonchev–Trinajstić information content (AvgIpc) is 3.46. The summed E-state index contributed by atoms with van der Waals surface area (Å²) in [5, 5.41) is 9.30. The number of aromatic amines is 1. The molecular formula is C28H22Cl2N4O2. The monoisotopic (exact) mass is 516 g/mol. The molecule has 3 aromatic carbocycles. The molecule has 2 heterocycles. The third kappa shape index (κ3) is 4.53. The summed E-state index contributed by atoms with van der Waals surface area (Å²) in [6, 6.07) is 21.4. The minimum atomic E-state index is -0.350. The number of fused-ring (bicyclic) bond motifs is 1. The van der Waals surface area contributed by atoms with Gasteiger partial charge in [-0.25, -0.2) is 4.68 Å². The van der Waals surface area contributed by atoms with Gasteiger partial charge in [0.1, 0.15) is 5.69 Å². The van der Waals surface area contributed by atoms with Gasteiger partial charge in [-0.3, -0.25) is 9.59 Å². The summed E-state index contributed by atoms with van der Waals surface area (Å²) >= 11 is 12.2. The van der Waals surface area contributed by atoms with Crippen molar-refractivity contribution in [3.63, 3.8) is 0 Å². The van der Waals surface area contributed by atoms with E-state index in [9.17, 15) is 9.59 Å². The van der Waals surface area contributed by atoms with Crippen molar-refractivity contribution in [2.75, 3.05) is 5.32 Å². The lowest BCUT2D eigenvalue weighted by atomic mass is 10.1. The number of anilines is 1. The van der Waals surface area contributed by atoms with Crippen molar-refractivity contribution < 1.29 is 9.59 Å². The molecule has 0 aliphatic rings. The van der Waals surface area contributed by atoms with Crippen LogP contribution in [-0.2, 0) is 6.42 Å². The maximum absolute atomic E-state index is 13.6. The Morgan fingerprint density at radius 3 is 2.42 bits per heavy atom. The molecule has 8 heteroatoms. The van der Waals surface area contributed by atoms with E-state index in [-0.39, 0.29) is 17.4 Å².